The molecule has 0 saturated heterocycles. The van der Waals surface area contributed by atoms with Crippen LogP contribution in [0.3, 0.4) is 0 Å². The van der Waals surface area contributed by atoms with Crippen molar-refractivity contribution in [3.63, 3.8) is 0 Å². The number of rotatable bonds is 4. The molecule has 0 bridgehead atoms. The van der Waals surface area contributed by atoms with Crippen molar-refractivity contribution in [3.05, 3.63) is 0 Å². The van der Waals surface area contributed by atoms with Crippen molar-refractivity contribution in [1.82, 2.24) is 0 Å². The van der Waals surface area contributed by atoms with Crippen LogP contribution in [-0.2, 0) is 9.47 Å². The van der Waals surface area contributed by atoms with E-state index in [1.807, 2.05) is 0 Å². The molecule has 2 nitrogen and oxygen atoms in total. The Bertz CT molecular complexity index is 239. The highest BCUT2D eigenvalue weighted by molar-refractivity contribution is 4.75. The van der Waals surface area contributed by atoms with E-state index < -0.39 is 37.5 Å². The Morgan fingerprint density at radius 1 is 0.722 bits per heavy atom. The lowest BCUT2D eigenvalue weighted by Gasteiger charge is -2.24. The van der Waals surface area contributed by atoms with Crippen molar-refractivity contribution >= 4 is 0 Å². The molecule has 0 aliphatic heterocycles. The summed E-state index contributed by atoms with van der Waals surface area (Å²) in [4.78, 5) is 0. The predicted molar refractivity (Wildman–Crippen MR) is 38.5 cm³/mol. The van der Waals surface area contributed by atoms with Gasteiger partial charge in [-0.3, -0.25) is 0 Å². The third-order valence-corrected chi connectivity index (χ3v) is 1.61. The van der Waals surface area contributed by atoms with Gasteiger partial charge in [-0.2, -0.15) is 39.5 Å². The maximum Gasteiger partial charge on any atom is 0.423 e. The molecule has 0 aromatic rings. The lowest BCUT2D eigenvalue weighted by molar-refractivity contribution is -0.343. The second kappa shape index (κ2) is 5.51. The molecule has 0 spiro atoms. The van der Waals surface area contributed by atoms with Crippen LogP contribution in [0, 0.1) is 0 Å². The molecule has 18 heavy (non-hydrogen) atoms. The average molecular weight is 294 g/mol. The number of hydrogen-bond acceptors (Lipinski definition) is 2. The molecule has 0 heterocycles. The maximum absolute atomic E-state index is 11.9. The summed E-state index contributed by atoms with van der Waals surface area (Å²) >= 11 is 0. The molecular weight excluding hydrogens is 287 g/mol. The second-order valence-corrected chi connectivity index (χ2v) is 3.10. The summed E-state index contributed by atoms with van der Waals surface area (Å²) in [6.45, 7) is -1.37. The normalized spacial score (nSPS) is 16.2. The van der Waals surface area contributed by atoms with Crippen LogP contribution in [-0.4, -0.2) is 37.5 Å². The third-order valence-electron chi connectivity index (χ3n) is 1.61. The molecule has 0 amide bonds. The van der Waals surface area contributed by atoms with E-state index in [0.29, 0.717) is 6.92 Å². The fourth-order valence-corrected chi connectivity index (χ4v) is 0.678. The van der Waals surface area contributed by atoms with Crippen molar-refractivity contribution in [1.29, 1.82) is 0 Å². The topological polar surface area (TPSA) is 18.5 Å². The highest BCUT2D eigenvalue weighted by Gasteiger charge is 2.58. The molecule has 0 aliphatic rings. The molecule has 0 N–H and O–H groups in total. The number of ether oxygens (including phenoxy) is 2. The first-order valence-electron chi connectivity index (χ1n) is 4.19. The van der Waals surface area contributed by atoms with Crippen molar-refractivity contribution in [2.75, 3.05) is 6.79 Å². The molecule has 0 aromatic carbocycles. The average Bonchev–Trinajstić information content (AvgIpc) is 2.05. The van der Waals surface area contributed by atoms with E-state index >= 15 is 0 Å². The van der Waals surface area contributed by atoms with Gasteiger partial charge < -0.3 is 9.47 Å². The molecular formula is C7H7F9O2. The number of alkyl halides is 9. The summed E-state index contributed by atoms with van der Waals surface area (Å²) in [6.07, 6.45) is -23.2. The van der Waals surface area contributed by atoms with Crippen LogP contribution in [0.15, 0.2) is 0 Å². The minimum Gasteiger partial charge on any atom is -0.343 e. The standard InChI is InChI=1S/C7H7F9O2/c1-3(5(8,9)10)17-2-18-4(6(11,12)13)7(14,15)16/h3-4H,2H2,1H3. The molecule has 0 aromatic heterocycles. The zero-order valence-electron chi connectivity index (χ0n) is 8.58. The summed E-state index contributed by atoms with van der Waals surface area (Å²) in [5, 5.41) is 0. The summed E-state index contributed by atoms with van der Waals surface area (Å²) in [6, 6.07) is 0. The SMILES string of the molecule is CC(OCOC(C(F)(F)F)C(F)(F)F)C(F)(F)F. The fourth-order valence-electron chi connectivity index (χ4n) is 0.678. The van der Waals surface area contributed by atoms with Crippen molar-refractivity contribution in [2.24, 2.45) is 0 Å². The Labute approximate surface area is 94.6 Å². The van der Waals surface area contributed by atoms with E-state index in [1.54, 1.807) is 0 Å². The Kier molecular flexibility index (Phi) is 5.29. The van der Waals surface area contributed by atoms with Crippen LogP contribution in [0.25, 0.3) is 0 Å². The summed E-state index contributed by atoms with van der Waals surface area (Å²) < 4.78 is 114. The number of hydrogen-bond donors (Lipinski definition) is 0. The molecule has 0 aliphatic carbocycles. The molecule has 0 radical (unpaired) electrons. The van der Waals surface area contributed by atoms with Gasteiger partial charge >= 0.3 is 18.5 Å². The van der Waals surface area contributed by atoms with E-state index in [0.717, 1.165) is 0 Å². The Morgan fingerprint density at radius 2 is 1.11 bits per heavy atom. The van der Waals surface area contributed by atoms with Crippen molar-refractivity contribution in [3.8, 4) is 0 Å². The molecule has 0 rings (SSSR count). The van der Waals surface area contributed by atoms with Crippen LogP contribution in [0.2, 0.25) is 0 Å². The smallest absolute Gasteiger partial charge is 0.343 e. The van der Waals surface area contributed by atoms with Crippen molar-refractivity contribution in [2.45, 2.75) is 37.7 Å². The van der Waals surface area contributed by atoms with Gasteiger partial charge in [0.25, 0.3) is 6.10 Å². The highest BCUT2D eigenvalue weighted by atomic mass is 19.4. The predicted octanol–water partition coefficient (Wildman–Crippen LogP) is 3.42. The van der Waals surface area contributed by atoms with Crippen molar-refractivity contribution < 1.29 is 49.0 Å². The van der Waals surface area contributed by atoms with E-state index in [2.05, 4.69) is 9.47 Å². The monoisotopic (exact) mass is 294 g/mol. The maximum atomic E-state index is 11.9. The summed E-state index contributed by atoms with van der Waals surface area (Å²) in [5.41, 5.74) is 0. The quantitative estimate of drug-likeness (QED) is 0.584. The van der Waals surface area contributed by atoms with E-state index in [4.69, 9.17) is 0 Å². The van der Waals surface area contributed by atoms with Gasteiger partial charge in [-0.25, -0.2) is 0 Å². The van der Waals surface area contributed by atoms with E-state index in [9.17, 15) is 39.5 Å². The van der Waals surface area contributed by atoms with Gasteiger partial charge in [-0.1, -0.05) is 0 Å². The van der Waals surface area contributed by atoms with Crippen LogP contribution in [0.1, 0.15) is 6.92 Å². The first kappa shape index (κ1) is 17.3. The first-order valence-corrected chi connectivity index (χ1v) is 4.19. The fraction of sp³-hybridized carbons (Fsp3) is 1.00. The largest absolute Gasteiger partial charge is 0.423 e. The summed E-state index contributed by atoms with van der Waals surface area (Å²) in [7, 11) is 0. The Balaban J connectivity index is 4.41. The van der Waals surface area contributed by atoms with Gasteiger partial charge in [0.1, 0.15) is 6.79 Å². The zero-order valence-corrected chi connectivity index (χ0v) is 8.58. The minimum atomic E-state index is -5.79. The van der Waals surface area contributed by atoms with Crippen LogP contribution in [0.4, 0.5) is 39.5 Å². The minimum absolute atomic E-state index is 0.416. The molecule has 1 unspecified atom stereocenters. The molecule has 11 heteroatoms. The molecule has 0 fully saturated rings. The molecule has 0 saturated carbocycles. The highest BCUT2D eigenvalue weighted by Crippen LogP contribution is 2.35. The van der Waals surface area contributed by atoms with E-state index in [1.165, 1.54) is 0 Å². The lowest BCUT2D eigenvalue weighted by Crippen LogP contribution is -2.45. The van der Waals surface area contributed by atoms with Gasteiger partial charge in [0, 0.05) is 0 Å². The van der Waals surface area contributed by atoms with Crippen LogP contribution in [0.5, 0.6) is 0 Å². The van der Waals surface area contributed by atoms with Gasteiger partial charge in [0.15, 0.2) is 6.10 Å². The molecule has 110 valence electrons. The van der Waals surface area contributed by atoms with Gasteiger partial charge in [-0.05, 0) is 6.92 Å². The lowest BCUT2D eigenvalue weighted by atomic mass is 10.3. The second-order valence-electron chi connectivity index (χ2n) is 3.10. The zero-order chi connectivity index (χ0) is 14.8. The van der Waals surface area contributed by atoms with E-state index in [-0.39, 0.29) is 0 Å². The Morgan fingerprint density at radius 3 is 1.39 bits per heavy atom. The number of halogens is 9. The van der Waals surface area contributed by atoms with Gasteiger partial charge in [0.05, 0.1) is 0 Å². The van der Waals surface area contributed by atoms with Gasteiger partial charge in [-0.15, -0.1) is 0 Å². The third kappa shape index (κ3) is 5.76. The summed E-state index contributed by atoms with van der Waals surface area (Å²) in [5.74, 6) is 0. The Hall–Kier alpha value is -0.710. The molecule has 1 atom stereocenters. The van der Waals surface area contributed by atoms with Crippen LogP contribution < -0.4 is 0 Å². The van der Waals surface area contributed by atoms with Crippen LogP contribution >= 0.6 is 0 Å². The van der Waals surface area contributed by atoms with Gasteiger partial charge in [0.2, 0.25) is 0 Å². The first-order chi connectivity index (χ1) is 7.76.